The second-order valence-corrected chi connectivity index (χ2v) is 4.52. The van der Waals surface area contributed by atoms with Gasteiger partial charge in [-0.2, -0.15) is 0 Å². The number of carbonyl (C=O) groups is 1. The molecule has 1 aliphatic rings. The second kappa shape index (κ2) is 5.21. The van der Waals surface area contributed by atoms with E-state index in [0.29, 0.717) is 18.2 Å². The highest BCUT2D eigenvalue weighted by molar-refractivity contribution is 5.90. The summed E-state index contributed by atoms with van der Waals surface area (Å²) in [6.45, 7) is 4.25. The van der Waals surface area contributed by atoms with Crippen LogP contribution in [0.25, 0.3) is 0 Å². The maximum absolute atomic E-state index is 11.6. The van der Waals surface area contributed by atoms with Crippen LogP contribution in [-0.2, 0) is 4.74 Å². The molecule has 0 atom stereocenters. The summed E-state index contributed by atoms with van der Waals surface area (Å²) in [4.78, 5) is 11.6. The van der Waals surface area contributed by atoms with Crippen LogP contribution in [0.5, 0.6) is 0 Å². The normalized spacial score (nSPS) is 15.2. The van der Waals surface area contributed by atoms with Crippen LogP contribution >= 0.6 is 0 Å². The Morgan fingerprint density at radius 1 is 1.47 bits per heavy atom. The highest BCUT2D eigenvalue weighted by Crippen LogP contribution is 2.25. The summed E-state index contributed by atoms with van der Waals surface area (Å²) in [6, 6.07) is 6.30. The van der Waals surface area contributed by atoms with E-state index in [1.807, 2.05) is 32.0 Å². The Balaban J connectivity index is 2.07. The van der Waals surface area contributed by atoms with Gasteiger partial charge in [0.1, 0.15) is 0 Å². The number of anilines is 1. The number of esters is 1. The van der Waals surface area contributed by atoms with Crippen molar-refractivity contribution in [3.8, 4) is 0 Å². The van der Waals surface area contributed by atoms with Crippen molar-refractivity contribution < 1.29 is 9.53 Å². The summed E-state index contributed by atoms with van der Waals surface area (Å²) in [6.07, 6.45) is 3.82. The van der Waals surface area contributed by atoms with Crippen molar-refractivity contribution >= 4 is 11.7 Å². The summed E-state index contributed by atoms with van der Waals surface area (Å²) < 4.78 is 4.98. The van der Waals surface area contributed by atoms with Crippen LogP contribution in [0, 0.1) is 6.92 Å². The van der Waals surface area contributed by atoms with Crippen molar-refractivity contribution in [2.75, 3.05) is 11.9 Å². The monoisotopic (exact) mass is 233 g/mol. The highest BCUT2D eigenvalue weighted by Gasteiger charge is 2.18. The fraction of sp³-hybridized carbons (Fsp3) is 0.500. The minimum Gasteiger partial charge on any atom is -0.462 e. The molecule has 1 aliphatic carbocycles. The number of ether oxygens (including phenoxy) is 1. The molecule has 1 aromatic carbocycles. The molecule has 1 saturated carbocycles. The molecule has 1 fully saturated rings. The molecular weight excluding hydrogens is 214 g/mol. The predicted molar refractivity (Wildman–Crippen MR) is 68.4 cm³/mol. The number of carbonyl (C=O) groups excluding carboxylic acids is 1. The topological polar surface area (TPSA) is 38.3 Å². The molecule has 0 spiro atoms. The van der Waals surface area contributed by atoms with Gasteiger partial charge in [0, 0.05) is 11.7 Å². The zero-order chi connectivity index (χ0) is 12.3. The predicted octanol–water partition coefficient (Wildman–Crippen LogP) is 3.14. The Bertz CT molecular complexity index is 411. The maximum Gasteiger partial charge on any atom is 0.338 e. The first kappa shape index (κ1) is 12.0. The van der Waals surface area contributed by atoms with Crippen LogP contribution in [0.2, 0.25) is 0 Å². The van der Waals surface area contributed by atoms with Gasteiger partial charge < -0.3 is 10.1 Å². The van der Waals surface area contributed by atoms with E-state index in [1.54, 1.807) is 0 Å². The van der Waals surface area contributed by atoms with Crippen molar-refractivity contribution in [2.45, 2.75) is 39.2 Å². The Kier molecular flexibility index (Phi) is 3.67. The molecule has 2 rings (SSSR count). The molecule has 17 heavy (non-hydrogen) atoms. The van der Waals surface area contributed by atoms with E-state index in [0.717, 1.165) is 11.3 Å². The van der Waals surface area contributed by atoms with Gasteiger partial charge >= 0.3 is 5.97 Å². The van der Waals surface area contributed by atoms with Crippen molar-refractivity contribution in [2.24, 2.45) is 0 Å². The van der Waals surface area contributed by atoms with Gasteiger partial charge in [-0.05, 0) is 56.9 Å². The summed E-state index contributed by atoms with van der Waals surface area (Å²) >= 11 is 0. The minimum absolute atomic E-state index is 0.245. The quantitative estimate of drug-likeness (QED) is 0.812. The van der Waals surface area contributed by atoms with E-state index >= 15 is 0 Å². The van der Waals surface area contributed by atoms with E-state index in [1.165, 1.54) is 19.3 Å². The van der Waals surface area contributed by atoms with Gasteiger partial charge in [0.2, 0.25) is 0 Å². The standard InChI is InChI=1S/C14H19NO2/c1-3-17-14(16)11-7-8-13(10(2)9-11)15-12-5-4-6-12/h7-9,12,15H,3-6H2,1-2H3. The number of hydrogen-bond acceptors (Lipinski definition) is 3. The second-order valence-electron chi connectivity index (χ2n) is 4.52. The number of aryl methyl sites for hydroxylation is 1. The van der Waals surface area contributed by atoms with Crippen LogP contribution in [0.15, 0.2) is 18.2 Å². The van der Waals surface area contributed by atoms with Crippen LogP contribution in [0.3, 0.4) is 0 Å². The average molecular weight is 233 g/mol. The lowest BCUT2D eigenvalue weighted by atomic mass is 9.92. The lowest BCUT2D eigenvalue weighted by molar-refractivity contribution is 0.0526. The van der Waals surface area contributed by atoms with E-state index < -0.39 is 0 Å². The van der Waals surface area contributed by atoms with Crippen LogP contribution in [0.4, 0.5) is 5.69 Å². The van der Waals surface area contributed by atoms with E-state index in [4.69, 9.17) is 4.74 Å². The summed E-state index contributed by atoms with van der Waals surface area (Å²) in [7, 11) is 0. The van der Waals surface area contributed by atoms with Crippen molar-refractivity contribution in [1.29, 1.82) is 0 Å². The Hall–Kier alpha value is -1.51. The Morgan fingerprint density at radius 2 is 2.24 bits per heavy atom. The third kappa shape index (κ3) is 2.78. The molecule has 1 N–H and O–H groups in total. The number of nitrogens with one attached hydrogen (secondary N) is 1. The molecular formula is C14H19NO2. The van der Waals surface area contributed by atoms with Crippen LogP contribution in [-0.4, -0.2) is 18.6 Å². The van der Waals surface area contributed by atoms with Crippen molar-refractivity contribution in [3.05, 3.63) is 29.3 Å². The van der Waals surface area contributed by atoms with E-state index in [9.17, 15) is 4.79 Å². The van der Waals surface area contributed by atoms with Crippen molar-refractivity contribution in [3.63, 3.8) is 0 Å². The third-order valence-corrected chi connectivity index (χ3v) is 3.20. The number of benzene rings is 1. The first-order valence-electron chi connectivity index (χ1n) is 6.25. The summed E-state index contributed by atoms with van der Waals surface area (Å²) in [5.41, 5.74) is 2.86. The smallest absolute Gasteiger partial charge is 0.338 e. The first-order valence-corrected chi connectivity index (χ1v) is 6.25. The molecule has 92 valence electrons. The molecule has 1 aromatic rings. The lowest BCUT2D eigenvalue weighted by Crippen LogP contribution is -2.27. The molecule has 0 bridgehead atoms. The van der Waals surface area contributed by atoms with E-state index in [2.05, 4.69) is 5.32 Å². The fourth-order valence-electron chi connectivity index (χ4n) is 1.94. The van der Waals surface area contributed by atoms with Gasteiger partial charge in [-0.15, -0.1) is 0 Å². The zero-order valence-electron chi connectivity index (χ0n) is 10.5. The van der Waals surface area contributed by atoms with Gasteiger partial charge in [-0.1, -0.05) is 0 Å². The summed E-state index contributed by atoms with van der Waals surface area (Å²) in [5, 5.41) is 3.49. The first-order chi connectivity index (χ1) is 8.20. The number of hydrogen-bond donors (Lipinski definition) is 1. The third-order valence-electron chi connectivity index (χ3n) is 3.20. The highest BCUT2D eigenvalue weighted by atomic mass is 16.5. The molecule has 0 radical (unpaired) electrons. The molecule has 3 nitrogen and oxygen atoms in total. The fourth-order valence-corrected chi connectivity index (χ4v) is 1.94. The molecule has 0 aromatic heterocycles. The van der Waals surface area contributed by atoms with E-state index in [-0.39, 0.29) is 5.97 Å². The van der Waals surface area contributed by atoms with Crippen LogP contribution < -0.4 is 5.32 Å². The lowest BCUT2D eigenvalue weighted by Gasteiger charge is -2.28. The van der Waals surface area contributed by atoms with Gasteiger partial charge in [-0.25, -0.2) is 4.79 Å². The van der Waals surface area contributed by atoms with Gasteiger partial charge in [0.25, 0.3) is 0 Å². The molecule has 0 unspecified atom stereocenters. The minimum atomic E-state index is -0.245. The Morgan fingerprint density at radius 3 is 2.76 bits per heavy atom. The molecule has 0 aliphatic heterocycles. The summed E-state index contributed by atoms with van der Waals surface area (Å²) in [5.74, 6) is -0.245. The molecule has 0 heterocycles. The van der Waals surface area contributed by atoms with Gasteiger partial charge in [0.05, 0.1) is 12.2 Å². The zero-order valence-corrected chi connectivity index (χ0v) is 10.5. The molecule has 0 amide bonds. The molecule has 0 saturated heterocycles. The van der Waals surface area contributed by atoms with Crippen molar-refractivity contribution in [1.82, 2.24) is 0 Å². The van der Waals surface area contributed by atoms with Gasteiger partial charge in [0.15, 0.2) is 0 Å². The largest absolute Gasteiger partial charge is 0.462 e. The Labute approximate surface area is 102 Å². The SMILES string of the molecule is CCOC(=O)c1ccc(NC2CCC2)c(C)c1. The number of rotatable bonds is 4. The maximum atomic E-state index is 11.6. The average Bonchev–Trinajstić information content (AvgIpc) is 2.25. The van der Waals surface area contributed by atoms with Crippen LogP contribution in [0.1, 0.15) is 42.1 Å². The van der Waals surface area contributed by atoms with Gasteiger partial charge in [-0.3, -0.25) is 0 Å². The molecule has 3 heteroatoms.